The van der Waals surface area contributed by atoms with Crippen LogP contribution in [0.3, 0.4) is 0 Å². The van der Waals surface area contributed by atoms with E-state index in [0.717, 1.165) is 12.0 Å². The Bertz CT molecular complexity index is 538. The van der Waals surface area contributed by atoms with Crippen LogP contribution in [0.2, 0.25) is 0 Å². The molecule has 6 heteroatoms. The van der Waals surface area contributed by atoms with Gasteiger partial charge in [-0.1, -0.05) is 44.2 Å². The Morgan fingerprint density at radius 2 is 2.05 bits per heavy atom. The van der Waals surface area contributed by atoms with Crippen LogP contribution in [0.15, 0.2) is 36.7 Å². The first-order chi connectivity index (χ1) is 10.2. The molecule has 0 aliphatic carbocycles. The topological polar surface area (TPSA) is 72.7 Å². The second-order valence-corrected chi connectivity index (χ2v) is 5.38. The van der Waals surface area contributed by atoms with Gasteiger partial charge < -0.3 is 5.32 Å². The molecule has 0 saturated heterocycles. The van der Waals surface area contributed by atoms with Gasteiger partial charge in [0.1, 0.15) is 6.33 Å². The Labute approximate surface area is 124 Å². The Morgan fingerprint density at radius 1 is 1.29 bits per heavy atom. The first-order valence-corrected chi connectivity index (χ1v) is 7.22. The molecule has 0 aliphatic heterocycles. The molecule has 21 heavy (non-hydrogen) atoms. The van der Waals surface area contributed by atoms with Crippen molar-refractivity contribution in [3.05, 3.63) is 42.2 Å². The van der Waals surface area contributed by atoms with E-state index < -0.39 is 0 Å². The Kier molecular flexibility index (Phi) is 5.43. The molecular formula is C15H21N5O. The number of hydrogen-bond acceptors (Lipinski definition) is 4. The third-order valence-electron chi connectivity index (χ3n) is 3.32. The van der Waals surface area contributed by atoms with Crippen molar-refractivity contribution >= 4 is 5.91 Å². The van der Waals surface area contributed by atoms with E-state index >= 15 is 0 Å². The standard InChI is InChI=1S/C15H21N5O/c1-12(2)15(13-7-4-3-5-8-13)17-14(21)9-6-10-20-11-16-18-19-20/h3-5,7-8,11-12,15H,6,9-10H2,1-2H3,(H,17,21)/t15-/m1/s1. The van der Waals surface area contributed by atoms with Crippen molar-refractivity contribution in [1.29, 1.82) is 0 Å². The number of amides is 1. The number of carbonyl (C=O) groups excluding carboxylic acids is 1. The van der Waals surface area contributed by atoms with E-state index in [2.05, 4.69) is 34.7 Å². The maximum Gasteiger partial charge on any atom is 0.220 e. The molecule has 1 N–H and O–H groups in total. The second kappa shape index (κ2) is 7.52. The molecule has 0 saturated carbocycles. The summed E-state index contributed by atoms with van der Waals surface area (Å²) in [5.41, 5.74) is 1.14. The number of nitrogens with one attached hydrogen (secondary N) is 1. The second-order valence-electron chi connectivity index (χ2n) is 5.38. The summed E-state index contributed by atoms with van der Waals surface area (Å²) in [5, 5.41) is 14.0. The van der Waals surface area contributed by atoms with Crippen LogP contribution in [0, 0.1) is 5.92 Å². The molecule has 112 valence electrons. The molecule has 0 aliphatic rings. The number of aryl methyl sites for hydroxylation is 1. The largest absolute Gasteiger partial charge is 0.349 e. The highest BCUT2D eigenvalue weighted by Crippen LogP contribution is 2.21. The highest BCUT2D eigenvalue weighted by molar-refractivity contribution is 5.76. The van der Waals surface area contributed by atoms with Gasteiger partial charge in [-0.3, -0.25) is 4.79 Å². The fourth-order valence-corrected chi connectivity index (χ4v) is 2.23. The molecule has 1 amide bonds. The predicted octanol–water partition coefficient (Wildman–Crippen LogP) is 1.97. The van der Waals surface area contributed by atoms with Gasteiger partial charge in [0, 0.05) is 13.0 Å². The van der Waals surface area contributed by atoms with Crippen LogP contribution in [0.4, 0.5) is 0 Å². The minimum absolute atomic E-state index is 0.0479. The van der Waals surface area contributed by atoms with Gasteiger partial charge in [0.15, 0.2) is 0 Å². The van der Waals surface area contributed by atoms with Crippen LogP contribution in [-0.2, 0) is 11.3 Å². The molecule has 2 rings (SSSR count). The summed E-state index contributed by atoms with van der Waals surface area (Å²) in [6.07, 6.45) is 2.74. The number of carbonyl (C=O) groups is 1. The molecule has 0 radical (unpaired) electrons. The molecule has 0 unspecified atom stereocenters. The molecule has 1 heterocycles. The molecule has 0 fully saturated rings. The van der Waals surface area contributed by atoms with Gasteiger partial charge in [0.05, 0.1) is 6.04 Å². The fraction of sp³-hybridized carbons (Fsp3) is 0.467. The lowest BCUT2D eigenvalue weighted by molar-refractivity contribution is -0.122. The summed E-state index contributed by atoms with van der Waals surface area (Å²) in [6, 6.07) is 10.1. The van der Waals surface area contributed by atoms with E-state index in [1.807, 2.05) is 30.3 Å². The lowest BCUT2D eigenvalue weighted by Crippen LogP contribution is -2.31. The van der Waals surface area contributed by atoms with Crippen LogP contribution in [0.25, 0.3) is 0 Å². The van der Waals surface area contributed by atoms with Gasteiger partial charge in [-0.25, -0.2) is 4.68 Å². The third-order valence-corrected chi connectivity index (χ3v) is 3.32. The van der Waals surface area contributed by atoms with E-state index in [1.165, 1.54) is 0 Å². The first-order valence-electron chi connectivity index (χ1n) is 7.22. The molecule has 1 aromatic carbocycles. The van der Waals surface area contributed by atoms with Crippen LogP contribution in [0.5, 0.6) is 0 Å². The summed E-state index contributed by atoms with van der Waals surface area (Å²) in [6.45, 7) is 4.87. The molecule has 1 atom stereocenters. The summed E-state index contributed by atoms with van der Waals surface area (Å²) in [4.78, 5) is 12.1. The summed E-state index contributed by atoms with van der Waals surface area (Å²) in [7, 11) is 0. The van der Waals surface area contributed by atoms with Crippen molar-refractivity contribution in [2.45, 2.75) is 39.3 Å². The monoisotopic (exact) mass is 287 g/mol. The number of tetrazole rings is 1. The average molecular weight is 287 g/mol. The molecular weight excluding hydrogens is 266 g/mol. The Morgan fingerprint density at radius 3 is 2.67 bits per heavy atom. The van der Waals surface area contributed by atoms with E-state index in [-0.39, 0.29) is 11.9 Å². The normalized spacial score (nSPS) is 12.3. The van der Waals surface area contributed by atoms with E-state index in [9.17, 15) is 4.79 Å². The van der Waals surface area contributed by atoms with Crippen molar-refractivity contribution in [1.82, 2.24) is 25.5 Å². The number of benzene rings is 1. The van der Waals surface area contributed by atoms with Gasteiger partial charge in [-0.2, -0.15) is 0 Å². The number of nitrogens with zero attached hydrogens (tertiary/aromatic N) is 4. The molecule has 6 nitrogen and oxygen atoms in total. The van der Waals surface area contributed by atoms with Crippen molar-refractivity contribution in [2.75, 3.05) is 0 Å². The minimum atomic E-state index is 0.0479. The summed E-state index contributed by atoms with van der Waals surface area (Å²) >= 11 is 0. The lowest BCUT2D eigenvalue weighted by atomic mass is 9.96. The molecule has 2 aromatic rings. The van der Waals surface area contributed by atoms with Gasteiger partial charge in [-0.05, 0) is 28.3 Å². The van der Waals surface area contributed by atoms with Crippen LogP contribution >= 0.6 is 0 Å². The average Bonchev–Trinajstić information content (AvgIpc) is 2.98. The Hall–Kier alpha value is -2.24. The van der Waals surface area contributed by atoms with E-state index in [4.69, 9.17) is 0 Å². The van der Waals surface area contributed by atoms with Crippen molar-refractivity contribution < 1.29 is 4.79 Å². The number of hydrogen-bond donors (Lipinski definition) is 1. The smallest absolute Gasteiger partial charge is 0.220 e. The van der Waals surface area contributed by atoms with E-state index in [1.54, 1.807) is 11.0 Å². The highest BCUT2D eigenvalue weighted by Gasteiger charge is 2.17. The molecule has 0 bridgehead atoms. The molecule has 1 aromatic heterocycles. The van der Waals surface area contributed by atoms with Gasteiger partial charge >= 0.3 is 0 Å². The quantitative estimate of drug-likeness (QED) is 0.845. The highest BCUT2D eigenvalue weighted by atomic mass is 16.1. The first kappa shape index (κ1) is 15.2. The molecule has 0 spiro atoms. The Balaban J connectivity index is 1.84. The predicted molar refractivity (Wildman–Crippen MR) is 79.2 cm³/mol. The SMILES string of the molecule is CC(C)[C@@H](NC(=O)CCCn1cnnn1)c1ccccc1. The van der Waals surface area contributed by atoms with Crippen LogP contribution in [0.1, 0.15) is 38.3 Å². The van der Waals surface area contributed by atoms with Gasteiger partial charge in [0.25, 0.3) is 0 Å². The summed E-state index contributed by atoms with van der Waals surface area (Å²) < 4.78 is 1.63. The van der Waals surface area contributed by atoms with Crippen molar-refractivity contribution in [3.63, 3.8) is 0 Å². The van der Waals surface area contributed by atoms with E-state index in [0.29, 0.717) is 18.9 Å². The zero-order valence-corrected chi connectivity index (χ0v) is 12.4. The maximum atomic E-state index is 12.1. The van der Waals surface area contributed by atoms with Crippen molar-refractivity contribution in [3.8, 4) is 0 Å². The summed E-state index contributed by atoms with van der Waals surface area (Å²) in [5.74, 6) is 0.404. The van der Waals surface area contributed by atoms with Gasteiger partial charge in [0.2, 0.25) is 5.91 Å². The van der Waals surface area contributed by atoms with Crippen LogP contribution in [-0.4, -0.2) is 26.1 Å². The fourth-order valence-electron chi connectivity index (χ4n) is 2.23. The van der Waals surface area contributed by atoms with Crippen LogP contribution < -0.4 is 5.32 Å². The zero-order chi connectivity index (χ0) is 15.1. The third kappa shape index (κ3) is 4.66. The number of rotatable bonds is 7. The zero-order valence-electron chi connectivity index (χ0n) is 12.4. The number of aromatic nitrogens is 4. The maximum absolute atomic E-state index is 12.1. The lowest BCUT2D eigenvalue weighted by Gasteiger charge is -2.23. The van der Waals surface area contributed by atoms with Gasteiger partial charge in [-0.15, -0.1) is 5.10 Å². The minimum Gasteiger partial charge on any atom is -0.349 e. The van der Waals surface area contributed by atoms with Crippen molar-refractivity contribution in [2.24, 2.45) is 5.92 Å².